The summed E-state index contributed by atoms with van der Waals surface area (Å²) in [4.78, 5) is 35.4. The van der Waals surface area contributed by atoms with Crippen molar-refractivity contribution in [3.8, 4) is 22.6 Å². The fourth-order valence-electron chi connectivity index (χ4n) is 4.56. The molecule has 0 saturated carbocycles. The second kappa shape index (κ2) is 10.6. The summed E-state index contributed by atoms with van der Waals surface area (Å²) in [6, 6.07) is 13.3. The Morgan fingerprint density at radius 2 is 1.74 bits per heavy atom. The zero-order valence-electron chi connectivity index (χ0n) is 21.7. The largest absolute Gasteiger partial charge is 0.452 e. The predicted molar refractivity (Wildman–Crippen MR) is 145 cm³/mol. The highest BCUT2D eigenvalue weighted by molar-refractivity contribution is 5.99. The van der Waals surface area contributed by atoms with Gasteiger partial charge in [-0.15, -0.1) is 0 Å². The van der Waals surface area contributed by atoms with E-state index in [-0.39, 0.29) is 17.7 Å². The second-order valence-electron chi connectivity index (χ2n) is 9.28. The van der Waals surface area contributed by atoms with Crippen molar-refractivity contribution < 1.29 is 18.3 Å². The van der Waals surface area contributed by atoms with Gasteiger partial charge in [0.05, 0.1) is 11.1 Å². The van der Waals surface area contributed by atoms with E-state index in [1.54, 1.807) is 42.2 Å². The zero-order valence-corrected chi connectivity index (χ0v) is 21.7. The molecular weight excluding hydrogens is 500 g/mol. The van der Waals surface area contributed by atoms with Gasteiger partial charge in [0.15, 0.2) is 28.5 Å². The molecule has 0 atom stereocenters. The van der Waals surface area contributed by atoms with E-state index in [1.807, 2.05) is 19.9 Å². The van der Waals surface area contributed by atoms with Gasteiger partial charge in [-0.2, -0.15) is 0 Å². The number of pyridine rings is 3. The van der Waals surface area contributed by atoms with E-state index in [1.165, 1.54) is 36.4 Å². The number of nitrogens with zero attached hydrogens (tertiary/aromatic N) is 3. The molecule has 196 valence electrons. The minimum Gasteiger partial charge on any atom is -0.452 e. The van der Waals surface area contributed by atoms with Crippen LogP contribution in [0.1, 0.15) is 34.1 Å². The number of rotatable bonds is 7. The van der Waals surface area contributed by atoms with Gasteiger partial charge in [0.25, 0.3) is 0 Å². The van der Waals surface area contributed by atoms with E-state index in [4.69, 9.17) is 4.74 Å². The van der Waals surface area contributed by atoms with Gasteiger partial charge in [0.1, 0.15) is 11.3 Å². The summed E-state index contributed by atoms with van der Waals surface area (Å²) in [6.45, 7) is 6.04. The molecule has 6 nitrogen and oxygen atoms in total. The van der Waals surface area contributed by atoms with Crippen molar-refractivity contribution in [2.24, 2.45) is 0 Å². The number of carbonyl (C=O) groups excluding carboxylic acids is 1. The number of ether oxygens (including phenoxy) is 1. The summed E-state index contributed by atoms with van der Waals surface area (Å²) in [6.07, 6.45) is 4.74. The summed E-state index contributed by atoms with van der Waals surface area (Å²) in [5, 5.41) is 0. The Morgan fingerprint density at radius 3 is 2.46 bits per heavy atom. The van der Waals surface area contributed by atoms with Crippen LogP contribution in [0.15, 0.2) is 78.0 Å². The number of Topliss-reactive ketones (excluding diaryl/α,β-unsaturated/α-hetero) is 1. The lowest BCUT2D eigenvalue weighted by molar-refractivity contribution is 0.0990. The highest BCUT2D eigenvalue weighted by Crippen LogP contribution is 2.30. The van der Waals surface area contributed by atoms with Crippen molar-refractivity contribution in [3.63, 3.8) is 0 Å². The number of halogens is 2. The van der Waals surface area contributed by atoms with E-state index in [2.05, 4.69) is 9.97 Å². The van der Waals surface area contributed by atoms with Crippen LogP contribution in [0.5, 0.6) is 11.5 Å². The minimum atomic E-state index is -0.653. The molecule has 0 radical (unpaired) electrons. The number of hydrogen-bond acceptors (Lipinski definition) is 5. The fraction of sp³-hybridized carbons (Fsp3) is 0.161. The molecule has 0 N–H and O–H groups in total. The van der Waals surface area contributed by atoms with Crippen molar-refractivity contribution in [3.05, 3.63) is 117 Å². The number of benzene rings is 2. The number of aromatic nitrogens is 3. The van der Waals surface area contributed by atoms with Crippen LogP contribution < -0.4 is 10.2 Å². The average Bonchev–Trinajstić information content (AvgIpc) is 2.91. The lowest BCUT2D eigenvalue weighted by atomic mass is 9.97. The van der Waals surface area contributed by atoms with Gasteiger partial charge in [-0.05, 0) is 67.8 Å². The van der Waals surface area contributed by atoms with E-state index < -0.39 is 22.8 Å². The molecule has 39 heavy (non-hydrogen) atoms. The monoisotopic (exact) mass is 525 g/mol. The number of carbonyl (C=O) groups is 1. The first-order valence-corrected chi connectivity index (χ1v) is 12.5. The van der Waals surface area contributed by atoms with E-state index in [0.717, 1.165) is 5.56 Å². The summed E-state index contributed by atoms with van der Waals surface area (Å²) >= 11 is 0. The molecule has 5 aromatic rings. The van der Waals surface area contributed by atoms with Crippen LogP contribution in [-0.2, 0) is 13.0 Å². The molecule has 8 heteroatoms. The molecular formula is C31H25F2N3O3. The average molecular weight is 526 g/mol. The van der Waals surface area contributed by atoms with Crippen LogP contribution in [0.3, 0.4) is 0 Å². The first-order chi connectivity index (χ1) is 18.7. The van der Waals surface area contributed by atoms with Gasteiger partial charge >= 0.3 is 0 Å². The first-order valence-electron chi connectivity index (χ1n) is 12.5. The van der Waals surface area contributed by atoms with E-state index in [9.17, 15) is 14.0 Å². The number of hydrogen-bond donors (Lipinski definition) is 0. The normalized spacial score (nSPS) is 11.1. The topological polar surface area (TPSA) is 74.1 Å². The third kappa shape index (κ3) is 5.18. The summed E-state index contributed by atoms with van der Waals surface area (Å²) < 4.78 is 36.1. The second-order valence-corrected chi connectivity index (χ2v) is 9.28. The molecule has 0 saturated heterocycles. The molecule has 2 aromatic carbocycles. The summed E-state index contributed by atoms with van der Waals surface area (Å²) in [5.41, 5.74) is 3.39. The van der Waals surface area contributed by atoms with Gasteiger partial charge in [0, 0.05) is 48.9 Å². The highest BCUT2D eigenvalue weighted by Gasteiger charge is 2.21. The molecule has 0 amide bonds. The molecule has 3 aromatic heterocycles. The Bertz CT molecular complexity index is 1780. The third-order valence-electron chi connectivity index (χ3n) is 6.58. The fourth-order valence-corrected chi connectivity index (χ4v) is 4.56. The highest BCUT2D eigenvalue weighted by atomic mass is 19.1. The Hall–Kier alpha value is -4.72. The van der Waals surface area contributed by atoms with Gasteiger partial charge in [-0.25, -0.2) is 8.78 Å². The van der Waals surface area contributed by atoms with Gasteiger partial charge in [-0.1, -0.05) is 18.2 Å². The smallest absolute Gasteiger partial charge is 0.200 e. The molecule has 3 heterocycles. The summed E-state index contributed by atoms with van der Waals surface area (Å²) in [7, 11) is 0. The van der Waals surface area contributed by atoms with Crippen molar-refractivity contribution in [2.45, 2.75) is 33.7 Å². The molecule has 5 rings (SSSR count). The van der Waals surface area contributed by atoms with Crippen LogP contribution >= 0.6 is 0 Å². The minimum absolute atomic E-state index is 0.0242. The Balaban J connectivity index is 1.44. The molecule has 0 aliphatic carbocycles. The van der Waals surface area contributed by atoms with Crippen LogP contribution in [-0.4, -0.2) is 20.3 Å². The van der Waals surface area contributed by atoms with Crippen LogP contribution in [0, 0.1) is 25.5 Å². The first kappa shape index (κ1) is 25.9. The lowest BCUT2D eigenvalue weighted by Crippen LogP contribution is -2.24. The Labute approximate surface area is 223 Å². The van der Waals surface area contributed by atoms with Crippen LogP contribution in [0.4, 0.5) is 8.78 Å². The molecule has 0 spiro atoms. The SMILES string of the molecule is CCn1cc(-c2ccc(F)cc2)c(=O)c(C(=O)Cc2ccc(Oc3ccnc4cc(C)cnc34)c(F)c2)c1C. The Morgan fingerprint density at radius 1 is 0.974 bits per heavy atom. The van der Waals surface area contributed by atoms with Gasteiger partial charge in [-0.3, -0.25) is 19.6 Å². The van der Waals surface area contributed by atoms with Crippen LogP contribution in [0.2, 0.25) is 0 Å². The van der Waals surface area contributed by atoms with E-state index in [0.29, 0.717) is 45.7 Å². The van der Waals surface area contributed by atoms with Crippen molar-refractivity contribution >= 4 is 16.8 Å². The lowest BCUT2D eigenvalue weighted by Gasteiger charge is -2.15. The molecule has 0 aliphatic heterocycles. The number of aryl methyl sites for hydroxylation is 2. The zero-order chi connectivity index (χ0) is 27.7. The van der Waals surface area contributed by atoms with E-state index >= 15 is 4.39 Å². The van der Waals surface area contributed by atoms with Gasteiger partial charge in [0.2, 0.25) is 0 Å². The molecule has 0 aliphatic rings. The summed E-state index contributed by atoms with van der Waals surface area (Å²) in [5.74, 6) is -1.17. The Kier molecular flexibility index (Phi) is 7.02. The van der Waals surface area contributed by atoms with Crippen molar-refractivity contribution in [2.75, 3.05) is 0 Å². The maximum atomic E-state index is 15.1. The predicted octanol–water partition coefficient (Wildman–Crippen LogP) is 6.59. The quantitative estimate of drug-likeness (QED) is 0.224. The van der Waals surface area contributed by atoms with Crippen molar-refractivity contribution in [1.82, 2.24) is 14.5 Å². The van der Waals surface area contributed by atoms with Crippen LogP contribution in [0.25, 0.3) is 22.2 Å². The van der Waals surface area contributed by atoms with Gasteiger partial charge < -0.3 is 9.30 Å². The maximum absolute atomic E-state index is 15.1. The van der Waals surface area contributed by atoms with Crippen molar-refractivity contribution in [1.29, 1.82) is 0 Å². The molecule has 0 fully saturated rings. The maximum Gasteiger partial charge on any atom is 0.200 e. The third-order valence-corrected chi connectivity index (χ3v) is 6.58. The molecule has 0 bridgehead atoms. The number of ketones is 1. The standard InChI is InChI=1S/C31H25F2N3O3/c1-4-36-17-23(21-6-8-22(32)9-7-21)31(38)29(19(36)3)26(37)15-20-5-10-27(24(33)14-20)39-28-11-12-34-25-13-18(2)16-35-30(25)28/h5-14,16-17H,4,15H2,1-3H3. The molecule has 0 unspecified atom stereocenters. The number of fused-ring (bicyclic) bond motifs is 1.